The van der Waals surface area contributed by atoms with Gasteiger partial charge in [0, 0.05) is 0 Å². The van der Waals surface area contributed by atoms with E-state index in [9.17, 15) is 0 Å². The molecule has 0 aromatic carbocycles. The van der Waals surface area contributed by atoms with E-state index in [-0.39, 0.29) is 0 Å². The Bertz CT molecular complexity index is 182. The SMILES string of the molecule is CCCC(C)C1(CC)C(C)C1C(C)C. The van der Waals surface area contributed by atoms with Crippen LogP contribution in [0.3, 0.4) is 0 Å². The normalized spacial score (nSPS) is 38.8. The molecule has 84 valence electrons. The molecule has 1 rings (SSSR count). The van der Waals surface area contributed by atoms with Crippen LogP contribution >= 0.6 is 0 Å². The Hall–Kier alpha value is 0. The van der Waals surface area contributed by atoms with Crippen LogP contribution in [0.15, 0.2) is 0 Å². The van der Waals surface area contributed by atoms with E-state index in [0.717, 1.165) is 23.7 Å². The van der Waals surface area contributed by atoms with E-state index in [2.05, 4.69) is 41.5 Å². The van der Waals surface area contributed by atoms with Crippen LogP contribution in [0.4, 0.5) is 0 Å². The molecule has 4 unspecified atom stereocenters. The Labute approximate surface area is 90.5 Å². The fourth-order valence-electron chi connectivity index (χ4n) is 4.28. The molecule has 1 saturated carbocycles. The molecule has 0 aromatic heterocycles. The van der Waals surface area contributed by atoms with Gasteiger partial charge in [-0.2, -0.15) is 0 Å². The standard InChI is InChI=1S/C14H28/c1-7-9-11(5)14(8-2)12(6)13(14)10(3)4/h10-13H,7-9H2,1-6H3. The van der Waals surface area contributed by atoms with Crippen LogP contribution in [0, 0.1) is 29.1 Å². The van der Waals surface area contributed by atoms with Gasteiger partial charge >= 0.3 is 0 Å². The van der Waals surface area contributed by atoms with Crippen molar-refractivity contribution in [3.05, 3.63) is 0 Å². The lowest BCUT2D eigenvalue weighted by Crippen LogP contribution is -2.17. The summed E-state index contributed by atoms with van der Waals surface area (Å²) >= 11 is 0. The average Bonchev–Trinajstić information content (AvgIpc) is 2.73. The van der Waals surface area contributed by atoms with Gasteiger partial charge in [-0.3, -0.25) is 0 Å². The second-order valence-electron chi connectivity index (χ2n) is 5.71. The van der Waals surface area contributed by atoms with Crippen LogP contribution in [0.2, 0.25) is 0 Å². The molecule has 4 atom stereocenters. The minimum absolute atomic E-state index is 0.699. The zero-order valence-corrected chi connectivity index (χ0v) is 10.9. The highest BCUT2D eigenvalue weighted by atomic mass is 14.7. The first-order valence-electron chi connectivity index (χ1n) is 6.52. The van der Waals surface area contributed by atoms with Crippen molar-refractivity contribution in [2.75, 3.05) is 0 Å². The van der Waals surface area contributed by atoms with E-state index in [1.54, 1.807) is 0 Å². The monoisotopic (exact) mass is 196 g/mol. The lowest BCUT2D eigenvalue weighted by atomic mass is 9.80. The van der Waals surface area contributed by atoms with Crippen LogP contribution in [0.25, 0.3) is 0 Å². The summed E-state index contributed by atoms with van der Waals surface area (Å²) in [5, 5.41) is 0. The van der Waals surface area contributed by atoms with Crippen molar-refractivity contribution in [2.45, 2.75) is 60.8 Å². The van der Waals surface area contributed by atoms with E-state index in [1.807, 2.05) is 0 Å². The third-order valence-electron chi connectivity index (χ3n) is 4.87. The summed E-state index contributed by atoms with van der Waals surface area (Å²) in [6.45, 7) is 14.5. The lowest BCUT2D eigenvalue weighted by Gasteiger charge is -2.25. The molecule has 0 saturated heterocycles. The minimum atomic E-state index is 0.699. The maximum atomic E-state index is 2.48. The van der Waals surface area contributed by atoms with Crippen molar-refractivity contribution in [2.24, 2.45) is 29.1 Å². The largest absolute Gasteiger partial charge is 0.0654 e. The van der Waals surface area contributed by atoms with Gasteiger partial charge in [-0.25, -0.2) is 0 Å². The van der Waals surface area contributed by atoms with Crippen molar-refractivity contribution in [3.63, 3.8) is 0 Å². The molecular formula is C14H28. The zero-order chi connectivity index (χ0) is 10.9. The summed E-state index contributed by atoms with van der Waals surface area (Å²) in [5.74, 6) is 3.77. The summed E-state index contributed by atoms with van der Waals surface area (Å²) in [5.41, 5.74) is 0.699. The van der Waals surface area contributed by atoms with Crippen LogP contribution < -0.4 is 0 Å². The molecule has 0 spiro atoms. The highest BCUT2D eigenvalue weighted by Crippen LogP contribution is 2.68. The van der Waals surface area contributed by atoms with Gasteiger partial charge in [-0.15, -0.1) is 0 Å². The van der Waals surface area contributed by atoms with Gasteiger partial charge in [0.05, 0.1) is 0 Å². The number of rotatable bonds is 5. The first-order chi connectivity index (χ1) is 6.52. The third-order valence-corrected chi connectivity index (χ3v) is 4.87. The second-order valence-corrected chi connectivity index (χ2v) is 5.71. The Kier molecular flexibility index (Phi) is 3.66. The van der Waals surface area contributed by atoms with Gasteiger partial charge in [0.15, 0.2) is 0 Å². The van der Waals surface area contributed by atoms with Gasteiger partial charge < -0.3 is 0 Å². The van der Waals surface area contributed by atoms with Crippen molar-refractivity contribution in [1.82, 2.24) is 0 Å². The maximum Gasteiger partial charge on any atom is -0.0212 e. The van der Waals surface area contributed by atoms with Crippen molar-refractivity contribution in [3.8, 4) is 0 Å². The van der Waals surface area contributed by atoms with E-state index in [0.29, 0.717) is 5.41 Å². The Morgan fingerprint density at radius 3 is 2.00 bits per heavy atom. The summed E-state index contributed by atoms with van der Waals surface area (Å²) in [7, 11) is 0. The topological polar surface area (TPSA) is 0 Å². The fourth-order valence-corrected chi connectivity index (χ4v) is 4.28. The van der Waals surface area contributed by atoms with Gasteiger partial charge in [0.2, 0.25) is 0 Å². The molecule has 1 aliphatic rings. The van der Waals surface area contributed by atoms with E-state index < -0.39 is 0 Å². The van der Waals surface area contributed by atoms with E-state index in [1.165, 1.54) is 19.3 Å². The molecule has 1 aliphatic carbocycles. The molecule has 0 radical (unpaired) electrons. The molecule has 0 aliphatic heterocycles. The Morgan fingerprint density at radius 1 is 1.14 bits per heavy atom. The predicted octanol–water partition coefficient (Wildman–Crippen LogP) is 4.74. The van der Waals surface area contributed by atoms with Gasteiger partial charge in [-0.1, -0.05) is 54.4 Å². The summed E-state index contributed by atoms with van der Waals surface area (Å²) < 4.78 is 0. The average molecular weight is 196 g/mol. The van der Waals surface area contributed by atoms with Crippen LogP contribution in [0.1, 0.15) is 60.8 Å². The molecule has 1 fully saturated rings. The van der Waals surface area contributed by atoms with Crippen LogP contribution in [-0.4, -0.2) is 0 Å². The van der Waals surface area contributed by atoms with Crippen molar-refractivity contribution >= 4 is 0 Å². The van der Waals surface area contributed by atoms with Crippen molar-refractivity contribution in [1.29, 1.82) is 0 Å². The Morgan fingerprint density at radius 2 is 1.71 bits per heavy atom. The molecule has 0 nitrogen and oxygen atoms in total. The lowest BCUT2D eigenvalue weighted by molar-refractivity contribution is 0.242. The van der Waals surface area contributed by atoms with Crippen LogP contribution in [-0.2, 0) is 0 Å². The summed E-state index contributed by atoms with van der Waals surface area (Å²) in [6, 6.07) is 0. The molecule has 14 heavy (non-hydrogen) atoms. The second kappa shape index (κ2) is 4.24. The van der Waals surface area contributed by atoms with E-state index in [4.69, 9.17) is 0 Å². The molecule has 0 heteroatoms. The molecular weight excluding hydrogens is 168 g/mol. The molecule has 0 aromatic rings. The van der Waals surface area contributed by atoms with E-state index >= 15 is 0 Å². The smallest absolute Gasteiger partial charge is 0.0212 e. The maximum absolute atomic E-state index is 2.48. The summed E-state index contributed by atoms with van der Waals surface area (Å²) in [6.07, 6.45) is 4.15. The number of hydrogen-bond acceptors (Lipinski definition) is 0. The highest BCUT2D eigenvalue weighted by molar-refractivity contribution is 5.10. The summed E-state index contributed by atoms with van der Waals surface area (Å²) in [4.78, 5) is 0. The third kappa shape index (κ3) is 1.61. The highest BCUT2D eigenvalue weighted by Gasteiger charge is 2.63. The first kappa shape index (κ1) is 12.1. The van der Waals surface area contributed by atoms with Gasteiger partial charge in [-0.05, 0) is 35.5 Å². The quantitative estimate of drug-likeness (QED) is 0.595. The van der Waals surface area contributed by atoms with Gasteiger partial charge in [0.1, 0.15) is 0 Å². The number of hydrogen-bond donors (Lipinski definition) is 0. The first-order valence-corrected chi connectivity index (χ1v) is 6.52. The van der Waals surface area contributed by atoms with Gasteiger partial charge in [0.25, 0.3) is 0 Å². The fraction of sp³-hybridized carbons (Fsp3) is 1.00. The predicted molar refractivity (Wildman–Crippen MR) is 64.3 cm³/mol. The van der Waals surface area contributed by atoms with Crippen LogP contribution in [0.5, 0.6) is 0 Å². The minimum Gasteiger partial charge on any atom is -0.0654 e. The zero-order valence-electron chi connectivity index (χ0n) is 10.9. The molecule has 0 amide bonds. The molecule has 0 bridgehead atoms. The molecule has 0 heterocycles. The molecule has 0 N–H and O–H groups in total. The van der Waals surface area contributed by atoms with Crippen molar-refractivity contribution < 1.29 is 0 Å². The Balaban J connectivity index is 2.70.